The molecule has 3 rings (SSSR count). The fraction of sp³-hybridized carbons (Fsp3) is 0.381. The second-order valence-electron chi connectivity index (χ2n) is 7.53. The van der Waals surface area contributed by atoms with E-state index in [2.05, 4.69) is 5.32 Å². The zero-order valence-electron chi connectivity index (χ0n) is 17.1. The van der Waals surface area contributed by atoms with E-state index in [0.717, 1.165) is 6.92 Å². The molecule has 0 spiro atoms. The number of carbonyl (C=O) groups is 3. The number of halogens is 4. The number of ketones is 1. The molecule has 0 fully saturated rings. The monoisotopic (exact) mass is 439 g/mol. The number of anilines is 1. The van der Waals surface area contributed by atoms with Crippen molar-refractivity contribution in [3.63, 3.8) is 0 Å². The Hall–Kier alpha value is -3.17. The van der Waals surface area contributed by atoms with Crippen molar-refractivity contribution < 1.29 is 31.9 Å². The highest BCUT2D eigenvalue weighted by Gasteiger charge is 2.39. The van der Waals surface area contributed by atoms with Gasteiger partial charge in [-0.2, -0.15) is 13.2 Å². The summed E-state index contributed by atoms with van der Waals surface area (Å²) in [5.74, 6) is -3.49. The molecule has 0 saturated carbocycles. The molecular weight excluding hydrogens is 418 g/mol. The predicted molar refractivity (Wildman–Crippen MR) is 105 cm³/mol. The van der Waals surface area contributed by atoms with Gasteiger partial charge >= 0.3 is 6.18 Å². The molecule has 31 heavy (non-hydrogen) atoms. The molecule has 2 aromatic rings. The fourth-order valence-electron chi connectivity index (χ4n) is 3.68. The first kappa shape index (κ1) is 22.5. The van der Waals surface area contributed by atoms with E-state index in [-0.39, 0.29) is 16.8 Å². The van der Waals surface area contributed by atoms with E-state index < -0.39 is 35.6 Å². The summed E-state index contributed by atoms with van der Waals surface area (Å²) < 4.78 is 53.2. The van der Waals surface area contributed by atoms with Crippen LogP contribution >= 0.6 is 0 Å². The fourth-order valence-corrected chi connectivity index (χ4v) is 3.68. The number of amides is 2. The highest BCUT2D eigenvalue weighted by atomic mass is 19.4. The van der Waals surface area contributed by atoms with Gasteiger partial charge in [0.2, 0.25) is 0 Å². The summed E-state index contributed by atoms with van der Waals surface area (Å²) >= 11 is 0. The van der Waals surface area contributed by atoms with Gasteiger partial charge in [-0.15, -0.1) is 0 Å². The Balaban J connectivity index is 1.91. The molecule has 1 atom stereocenters. The molecule has 1 aromatic carbocycles. The molecule has 2 heterocycles. The molecule has 0 saturated heterocycles. The summed E-state index contributed by atoms with van der Waals surface area (Å²) in [6.45, 7) is 4.12. The maximum Gasteiger partial charge on any atom is 0.408 e. The number of benzene rings is 1. The van der Waals surface area contributed by atoms with Crippen molar-refractivity contribution in [3.05, 3.63) is 52.1 Å². The van der Waals surface area contributed by atoms with Gasteiger partial charge in [0.05, 0.1) is 11.3 Å². The maximum atomic E-state index is 13.5. The zero-order valence-corrected chi connectivity index (χ0v) is 17.1. The Morgan fingerprint density at radius 2 is 1.84 bits per heavy atom. The average Bonchev–Trinajstić information content (AvgIpc) is 3.22. The number of carbonyl (C=O) groups excluding carboxylic acids is 3. The van der Waals surface area contributed by atoms with Crippen molar-refractivity contribution in [1.82, 2.24) is 9.88 Å². The Kier molecular flexibility index (Phi) is 5.93. The topological polar surface area (TPSA) is 80.2 Å². The van der Waals surface area contributed by atoms with E-state index in [1.54, 1.807) is 12.2 Å². The lowest BCUT2D eigenvalue weighted by atomic mass is 10.0. The lowest BCUT2D eigenvalue weighted by Gasteiger charge is -2.17. The summed E-state index contributed by atoms with van der Waals surface area (Å²) in [5, 5.41) is 4.31. The van der Waals surface area contributed by atoms with Gasteiger partial charge in [0.1, 0.15) is 11.9 Å². The van der Waals surface area contributed by atoms with Crippen molar-refractivity contribution >= 4 is 23.3 Å². The van der Waals surface area contributed by atoms with Gasteiger partial charge in [0.25, 0.3) is 17.6 Å². The minimum atomic E-state index is -4.69. The van der Waals surface area contributed by atoms with E-state index in [1.807, 2.05) is 0 Å². The summed E-state index contributed by atoms with van der Waals surface area (Å²) in [6, 6.07) is 1.87. The van der Waals surface area contributed by atoms with Gasteiger partial charge in [-0.05, 0) is 62.9 Å². The molecule has 1 aliphatic rings. The number of hydrogen-bond donors (Lipinski definition) is 2. The van der Waals surface area contributed by atoms with Crippen LogP contribution in [0.2, 0.25) is 0 Å². The second kappa shape index (κ2) is 8.16. The molecule has 10 heteroatoms. The van der Waals surface area contributed by atoms with E-state index in [4.69, 9.17) is 0 Å². The number of alkyl halides is 3. The largest absolute Gasteiger partial charge is 0.408 e. The lowest BCUT2D eigenvalue weighted by Crippen LogP contribution is -2.46. The summed E-state index contributed by atoms with van der Waals surface area (Å²) in [6.07, 6.45) is -3.60. The standard InChI is InChI=1S/C21H21F4N3O3/c1-10-9-13(6-7-14(10)22)27-19(30)16-11(2)17(28-8-4-5-15(16)28)18(29)20(31)26-12(3)21(23,24)25/h6-7,9,12H,4-5,8H2,1-3H3,(H,26,31)(H,27,30)/t12-/m0/s1. The summed E-state index contributed by atoms with van der Waals surface area (Å²) in [5.41, 5.74) is 1.54. The molecule has 6 nitrogen and oxygen atoms in total. The third-order valence-electron chi connectivity index (χ3n) is 5.31. The highest BCUT2D eigenvalue weighted by molar-refractivity contribution is 6.43. The first-order chi connectivity index (χ1) is 14.4. The van der Waals surface area contributed by atoms with Crippen LogP contribution in [0.25, 0.3) is 0 Å². The van der Waals surface area contributed by atoms with Crippen LogP contribution in [0.15, 0.2) is 18.2 Å². The zero-order chi connectivity index (χ0) is 23.1. The van der Waals surface area contributed by atoms with Crippen LogP contribution < -0.4 is 10.6 Å². The van der Waals surface area contributed by atoms with Crippen molar-refractivity contribution in [2.24, 2.45) is 0 Å². The number of fused-ring (bicyclic) bond motifs is 1. The van der Waals surface area contributed by atoms with Crippen molar-refractivity contribution in [2.75, 3.05) is 5.32 Å². The molecule has 2 N–H and O–H groups in total. The number of nitrogens with one attached hydrogen (secondary N) is 2. The number of aromatic nitrogens is 1. The number of aryl methyl sites for hydroxylation is 1. The van der Waals surface area contributed by atoms with Gasteiger partial charge in [0.15, 0.2) is 0 Å². The van der Waals surface area contributed by atoms with Crippen LogP contribution in [0.3, 0.4) is 0 Å². The Morgan fingerprint density at radius 1 is 1.16 bits per heavy atom. The van der Waals surface area contributed by atoms with Crippen molar-refractivity contribution in [2.45, 2.75) is 52.4 Å². The van der Waals surface area contributed by atoms with Gasteiger partial charge in [-0.3, -0.25) is 14.4 Å². The van der Waals surface area contributed by atoms with Crippen LogP contribution in [-0.2, 0) is 17.8 Å². The van der Waals surface area contributed by atoms with Crippen LogP contribution in [0.5, 0.6) is 0 Å². The van der Waals surface area contributed by atoms with Crippen molar-refractivity contribution in [3.8, 4) is 0 Å². The third kappa shape index (κ3) is 4.33. The Morgan fingerprint density at radius 3 is 2.45 bits per heavy atom. The van der Waals surface area contributed by atoms with Crippen LogP contribution in [0, 0.1) is 19.7 Å². The first-order valence-electron chi connectivity index (χ1n) is 9.63. The second-order valence-corrected chi connectivity index (χ2v) is 7.53. The summed E-state index contributed by atoms with van der Waals surface area (Å²) in [4.78, 5) is 37.8. The normalized spacial score (nSPS) is 14.2. The average molecular weight is 439 g/mol. The van der Waals surface area contributed by atoms with Crippen LogP contribution in [-0.4, -0.2) is 34.4 Å². The van der Waals surface area contributed by atoms with Gasteiger partial charge in [-0.25, -0.2) is 4.39 Å². The summed E-state index contributed by atoms with van der Waals surface area (Å²) in [7, 11) is 0. The van der Waals surface area contributed by atoms with Gasteiger partial charge in [-0.1, -0.05) is 0 Å². The number of rotatable bonds is 5. The Bertz CT molecular complexity index is 1070. The Labute approximate surface area is 175 Å². The van der Waals surface area contributed by atoms with Crippen molar-refractivity contribution in [1.29, 1.82) is 0 Å². The van der Waals surface area contributed by atoms with E-state index >= 15 is 0 Å². The minimum Gasteiger partial charge on any atom is -0.341 e. The molecule has 0 unspecified atom stereocenters. The van der Waals surface area contributed by atoms with E-state index in [0.29, 0.717) is 36.3 Å². The first-order valence-corrected chi connectivity index (χ1v) is 9.63. The SMILES string of the molecule is Cc1cc(NC(=O)c2c(C)c(C(=O)C(=O)N[C@@H](C)C(F)(F)F)n3c2CCC3)ccc1F. The molecule has 0 radical (unpaired) electrons. The number of nitrogens with zero attached hydrogens (tertiary/aromatic N) is 1. The molecule has 166 valence electrons. The van der Waals surface area contributed by atoms with Gasteiger partial charge < -0.3 is 15.2 Å². The van der Waals surface area contributed by atoms with Crippen LogP contribution in [0.4, 0.5) is 23.2 Å². The third-order valence-corrected chi connectivity index (χ3v) is 5.31. The number of Topliss-reactive ketones (excluding diaryl/α,β-unsaturated/α-hetero) is 1. The predicted octanol–water partition coefficient (Wildman–Crippen LogP) is 3.69. The molecule has 1 aliphatic heterocycles. The molecule has 0 bridgehead atoms. The van der Waals surface area contributed by atoms with Gasteiger partial charge in [0, 0.05) is 17.9 Å². The maximum absolute atomic E-state index is 13.5. The van der Waals surface area contributed by atoms with E-state index in [1.165, 1.54) is 29.7 Å². The van der Waals surface area contributed by atoms with Crippen LogP contribution in [0.1, 0.15) is 51.0 Å². The number of hydrogen-bond acceptors (Lipinski definition) is 3. The lowest BCUT2D eigenvalue weighted by molar-refractivity contribution is -0.156. The smallest absolute Gasteiger partial charge is 0.341 e. The molecule has 2 amide bonds. The molecule has 1 aromatic heterocycles. The highest BCUT2D eigenvalue weighted by Crippen LogP contribution is 2.30. The molecular formula is C21H21F4N3O3. The minimum absolute atomic E-state index is 0.0974. The quantitative estimate of drug-likeness (QED) is 0.424. The van der Waals surface area contributed by atoms with E-state index in [9.17, 15) is 31.9 Å². The molecule has 0 aliphatic carbocycles.